The molecule has 0 aliphatic carbocycles. The normalized spacial score (nSPS) is 22.5. The summed E-state index contributed by atoms with van der Waals surface area (Å²) in [5.74, 6) is -0.240. The molecule has 0 radical (unpaired) electrons. The van der Waals surface area contributed by atoms with Gasteiger partial charge in [-0.3, -0.25) is 4.79 Å². The molecule has 2 aliphatic heterocycles. The van der Waals surface area contributed by atoms with Crippen molar-refractivity contribution in [1.29, 1.82) is 0 Å². The third-order valence-electron chi connectivity index (χ3n) is 20.1. The van der Waals surface area contributed by atoms with Crippen molar-refractivity contribution in [2.24, 2.45) is 0 Å². The van der Waals surface area contributed by atoms with Gasteiger partial charge in [0.2, 0.25) is 5.91 Å². The van der Waals surface area contributed by atoms with Crippen LogP contribution in [0.25, 0.3) is 0 Å². The van der Waals surface area contributed by atoms with Crippen LogP contribution in [-0.2, 0) is 23.7 Å². The maximum atomic E-state index is 13.4. The van der Waals surface area contributed by atoms with Gasteiger partial charge in [0, 0.05) is 6.42 Å². The Morgan fingerprint density at radius 1 is 0.372 bits per heavy atom. The number of hydrogen-bond donors (Lipinski definition) is 9. The molecule has 14 nitrogen and oxygen atoms in total. The average molecular weight is 1340 g/mol. The van der Waals surface area contributed by atoms with Crippen LogP contribution in [0, 0.1) is 0 Å². The molecular formula is C80H153NO13. The Morgan fingerprint density at radius 3 is 1.04 bits per heavy atom. The van der Waals surface area contributed by atoms with Crippen molar-refractivity contribution in [3.05, 3.63) is 24.3 Å². The van der Waals surface area contributed by atoms with Crippen LogP contribution in [0.4, 0.5) is 0 Å². The van der Waals surface area contributed by atoms with Crippen molar-refractivity contribution >= 4 is 5.91 Å². The predicted molar refractivity (Wildman–Crippen MR) is 388 cm³/mol. The third-order valence-corrected chi connectivity index (χ3v) is 20.1. The van der Waals surface area contributed by atoms with Gasteiger partial charge < -0.3 is 65.1 Å². The van der Waals surface area contributed by atoms with E-state index in [0.29, 0.717) is 12.8 Å². The van der Waals surface area contributed by atoms with Gasteiger partial charge in [0.05, 0.1) is 32.0 Å². The van der Waals surface area contributed by atoms with Gasteiger partial charge in [-0.1, -0.05) is 372 Å². The molecule has 0 aromatic heterocycles. The van der Waals surface area contributed by atoms with E-state index in [2.05, 4.69) is 31.3 Å². The van der Waals surface area contributed by atoms with Crippen LogP contribution in [0.2, 0.25) is 0 Å². The van der Waals surface area contributed by atoms with E-state index in [-0.39, 0.29) is 18.9 Å². The minimum absolute atomic E-state index is 0.240. The highest BCUT2D eigenvalue weighted by Crippen LogP contribution is 2.30. The molecule has 2 rings (SSSR count). The molecule has 9 N–H and O–H groups in total. The summed E-state index contributed by atoms with van der Waals surface area (Å²) < 4.78 is 22.9. The van der Waals surface area contributed by atoms with Crippen LogP contribution in [-0.4, -0.2) is 140 Å². The fraction of sp³-hybridized carbons (Fsp3) is 0.938. The predicted octanol–water partition coefficient (Wildman–Crippen LogP) is 18.3. The van der Waals surface area contributed by atoms with Crippen LogP contribution in [0.1, 0.15) is 386 Å². The molecule has 2 fully saturated rings. The second-order valence-corrected chi connectivity index (χ2v) is 28.9. The van der Waals surface area contributed by atoms with Gasteiger partial charge in [-0.2, -0.15) is 0 Å². The van der Waals surface area contributed by atoms with E-state index in [1.165, 1.54) is 321 Å². The molecule has 0 aromatic carbocycles. The van der Waals surface area contributed by atoms with Crippen molar-refractivity contribution in [2.75, 3.05) is 19.8 Å². The molecule has 2 aliphatic rings. The monoisotopic (exact) mass is 1340 g/mol. The molecule has 2 saturated heterocycles. The summed E-state index contributed by atoms with van der Waals surface area (Å²) in [4.78, 5) is 13.4. The van der Waals surface area contributed by atoms with Crippen LogP contribution < -0.4 is 5.32 Å². The lowest BCUT2D eigenvalue weighted by atomic mass is 9.97. The van der Waals surface area contributed by atoms with Gasteiger partial charge in [0.25, 0.3) is 0 Å². The standard InChI is InChI=1S/C80H153NO13/c1-3-5-7-9-11-13-15-17-19-21-23-25-26-27-28-29-30-31-32-33-34-35-36-37-38-39-40-41-42-44-46-48-50-52-54-56-58-60-62-64-72(85)81-68(69(84)63-61-59-57-55-53-51-49-47-45-43-24-22-20-18-16-14-12-10-8-6-4-2)67-91-79-77(90)75(88)78(71(66-83)93-79)94-80-76(89)74(87)73(86)70(65-82)92-80/h53,55,61,63,68-71,73-80,82-84,86-90H,3-52,54,56-60,62,64-67H2,1-2H3,(H,81,85)/b55-53+,63-61+. The van der Waals surface area contributed by atoms with E-state index in [4.69, 9.17) is 18.9 Å². The molecule has 14 heteroatoms. The lowest BCUT2D eigenvalue weighted by molar-refractivity contribution is -0.359. The number of carbonyl (C=O) groups is 1. The number of rotatable bonds is 69. The van der Waals surface area contributed by atoms with E-state index >= 15 is 0 Å². The first-order valence-electron chi connectivity index (χ1n) is 40.6. The number of unbranched alkanes of at least 4 members (excludes halogenated alkanes) is 54. The number of allylic oxidation sites excluding steroid dienone is 3. The number of amides is 1. The highest BCUT2D eigenvalue weighted by molar-refractivity contribution is 5.76. The maximum absolute atomic E-state index is 13.4. The Morgan fingerprint density at radius 2 is 0.681 bits per heavy atom. The number of hydrogen-bond acceptors (Lipinski definition) is 13. The first-order chi connectivity index (χ1) is 46.1. The summed E-state index contributed by atoms with van der Waals surface area (Å²) in [7, 11) is 0. The first kappa shape index (κ1) is 88.6. The molecule has 94 heavy (non-hydrogen) atoms. The van der Waals surface area contributed by atoms with E-state index < -0.39 is 86.8 Å². The van der Waals surface area contributed by atoms with E-state index in [1.807, 2.05) is 6.08 Å². The zero-order chi connectivity index (χ0) is 68.0. The van der Waals surface area contributed by atoms with Crippen LogP contribution >= 0.6 is 0 Å². The largest absolute Gasteiger partial charge is 0.394 e. The Kier molecular flexibility index (Phi) is 61.1. The summed E-state index contributed by atoms with van der Waals surface area (Å²) in [5, 5.41) is 87.6. The summed E-state index contributed by atoms with van der Waals surface area (Å²) in [6.07, 6.45) is 67.2. The Balaban J connectivity index is 1.57. The lowest BCUT2D eigenvalue weighted by Crippen LogP contribution is -2.65. The molecule has 1 amide bonds. The second-order valence-electron chi connectivity index (χ2n) is 28.9. The summed E-state index contributed by atoms with van der Waals surface area (Å²) >= 11 is 0. The quantitative estimate of drug-likeness (QED) is 0.0204. The van der Waals surface area contributed by atoms with Gasteiger partial charge in [-0.25, -0.2) is 0 Å². The number of carbonyl (C=O) groups excluding carboxylic acids is 1. The highest BCUT2D eigenvalue weighted by Gasteiger charge is 2.51. The maximum Gasteiger partial charge on any atom is 0.220 e. The zero-order valence-electron chi connectivity index (χ0n) is 61.0. The van der Waals surface area contributed by atoms with Crippen molar-refractivity contribution in [2.45, 2.75) is 460 Å². The van der Waals surface area contributed by atoms with Crippen molar-refractivity contribution in [1.82, 2.24) is 5.32 Å². The van der Waals surface area contributed by atoms with Gasteiger partial charge in [-0.05, 0) is 32.1 Å². The Labute approximate surface area is 577 Å². The van der Waals surface area contributed by atoms with E-state index in [1.54, 1.807) is 6.08 Å². The summed E-state index contributed by atoms with van der Waals surface area (Å²) in [6, 6.07) is -0.930. The molecule has 2 heterocycles. The Hall–Kier alpha value is -1.53. The zero-order valence-corrected chi connectivity index (χ0v) is 61.0. The van der Waals surface area contributed by atoms with Gasteiger partial charge in [0.15, 0.2) is 12.6 Å². The average Bonchev–Trinajstić information content (AvgIpc) is 0.794. The second kappa shape index (κ2) is 64.8. The molecule has 0 aromatic rings. The minimum Gasteiger partial charge on any atom is -0.394 e. The van der Waals surface area contributed by atoms with Crippen molar-refractivity contribution in [3.8, 4) is 0 Å². The number of aliphatic hydroxyl groups excluding tert-OH is 8. The topological polar surface area (TPSA) is 228 Å². The number of ether oxygens (including phenoxy) is 4. The number of aliphatic hydroxyl groups is 8. The van der Waals surface area contributed by atoms with Gasteiger partial charge >= 0.3 is 0 Å². The van der Waals surface area contributed by atoms with Crippen LogP contribution in [0.15, 0.2) is 24.3 Å². The molecule has 0 bridgehead atoms. The van der Waals surface area contributed by atoms with Crippen LogP contribution in [0.5, 0.6) is 0 Å². The van der Waals surface area contributed by atoms with Crippen molar-refractivity contribution < 1.29 is 64.6 Å². The molecule has 0 saturated carbocycles. The Bertz CT molecular complexity index is 1670. The highest BCUT2D eigenvalue weighted by atomic mass is 16.7. The molecule has 556 valence electrons. The van der Waals surface area contributed by atoms with Gasteiger partial charge in [0.1, 0.15) is 48.8 Å². The summed E-state index contributed by atoms with van der Waals surface area (Å²) in [5.41, 5.74) is 0. The summed E-state index contributed by atoms with van der Waals surface area (Å²) in [6.45, 7) is 2.85. The van der Waals surface area contributed by atoms with Crippen molar-refractivity contribution in [3.63, 3.8) is 0 Å². The molecule has 0 spiro atoms. The van der Waals surface area contributed by atoms with Crippen LogP contribution in [0.3, 0.4) is 0 Å². The lowest BCUT2D eigenvalue weighted by Gasteiger charge is -2.46. The SMILES string of the molecule is CCCCCCCCCCCCCCCCC/C=C/CC/C=C/C(O)C(COC1OC(CO)C(OC2OC(CO)C(O)C(O)C2O)C(O)C1O)NC(=O)CCCCCCCCCCCCCCCCCCCCCCCCCCCCCCCCCCCCCCCCC. The fourth-order valence-corrected chi connectivity index (χ4v) is 13.7. The molecular weight excluding hydrogens is 1180 g/mol. The first-order valence-corrected chi connectivity index (χ1v) is 40.6. The minimum atomic E-state index is -1.79. The number of nitrogens with one attached hydrogen (secondary N) is 1. The fourth-order valence-electron chi connectivity index (χ4n) is 13.7. The van der Waals surface area contributed by atoms with E-state index in [0.717, 1.165) is 32.1 Å². The van der Waals surface area contributed by atoms with Gasteiger partial charge in [-0.15, -0.1) is 0 Å². The smallest absolute Gasteiger partial charge is 0.220 e. The molecule has 12 unspecified atom stereocenters. The third kappa shape index (κ3) is 47.5. The van der Waals surface area contributed by atoms with E-state index in [9.17, 15) is 45.6 Å². The molecule has 12 atom stereocenters.